The zero-order chi connectivity index (χ0) is 16.4. The first kappa shape index (κ1) is 15.0. The van der Waals surface area contributed by atoms with Crippen LogP contribution in [0.25, 0.3) is 0 Å². The Hall–Kier alpha value is -2.88. The van der Waals surface area contributed by atoms with Gasteiger partial charge in [0.1, 0.15) is 17.5 Å². The Morgan fingerprint density at radius 3 is 2.74 bits per heavy atom. The lowest BCUT2D eigenvalue weighted by Crippen LogP contribution is -2.34. The third-order valence-electron chi connectivity index (χ3n) is 4.30. The molecule has 0 radical (unpaired) electrons. The summed E-state index contributed by atoms with van der Waals surface area (Å²) in [6, 6.07) is 5.69. The second-order valence-electron chi connectivity index (χ2n) is 5.75. The monoisotopic (exact) mass is 310 g/mol. The Kier molecular flexibility index (Phi) is 3.98. The maximum Gasteiger partial charge on any atom is 0.250 e. The van der Waals surface area contributed by atoms with Crippen LogP contribution in [0.5, 0.6) is 0 Å². The average molecular weight is 310 g/mol. The number of pyridine rings is 1. The van der Waals surface area contributed by atoms with E-state index >= 15 is 0 Å². The van der Waals surface area contributed by atoms with Gasteiger partial charge in [0.05, 0.1) is 6.20 Å². The average Bonchev–Trinajstić information content (AvgIpc) is 2.57. The minimum atomic E-state index is 0.0214. The van der Waals surface area contributed by atoms with Crippen molar-refractivity contribution in [3.8, 4) is 6.07 Å². The second kappa shape index (κ2) is 6.08. The molecule has 7 nitrogen and oxygen atoms in total. The van der Waals surface area contributed by atoms with Crippen molar-refractivity contribution in [1.82, 2.24) is 14.5 Å². The summed E-state index contributed by atoms with van der Waals surface area (Å²) in [6.45, 7) is 1.59. The molecular weight excluding hydrogens is 292 g/mol. The highest BCUT2D eigenvalue weighted by Crippen LogP contribution is 2.28. The van der Waals surface area contributed by atoms with Gasteiger partial charge in [-0.15, -0.1) is 0 Å². The zero-order valence-corrected chi connectivity index (χ0v) is 12.9. The summed E-state index contributed by atoms with van der Waals surface area (Å²) in [5.41, 5.74) is 7.16. The molecule has 0 unspecified atom stereocenters. The van der Waals surface area contributed by atoms with Crippen molar-refractivity contribution in [2.75, 3.05) is 23.7 Å². The van der Waals surface area contributed by atoms with Crippen LogP contribution in [-0.4, -0.2) is 27.6 Å². The molecule has 23 heavy (non-hydrogen) atoms. The van der Waals surface area contributed by atoms with E-state index in [1.54, 1.807) is 17.7 Å². The third kappa shape index (κ3) is 3.01. The number of nitrogen functional groups attached to an aromatic ring is 1. The lowest BCUT2D eigenvalue weighted by molar-refractivity contribution is 0.498. The molecule has 2 aromatic rings. The van der Waals surface area contributed by atoms with Crippen molar-refractivity contribution in [3.63, 3.8) is 0 Å². The van der Waals surface area contributed by atoms with Crippen molar-refractivity contribution in [2.45, 2.75) is 18.8 Å². The number of anilines is 2. The van der Waals surface area contributed by atoms with Gasteiger partial charge in [0, 0.05) is 32.4 Å². The minimum Gasteiger partial charge on any atom is -0.382 e. The number of rotatable bonds is 2. The molecule has 1 aliphatic rings. The molecule has 118 valence electrons. The summed E-state index contributed by atoms with van der Waals surface area (Å²) < 4.78 is 1.58. The second-order valence-corrected chi connectivity index (χ2v) is 5.75. The van der Waals surface area contributed by atoms with Crippen molar-refractivity contribution >= 4 is 11.8 Å². The molecule has 2 N–H and O–H groups in total. The highest BCUT2D eigenvalue weighted by atomic mass is 16.1. The van der Waals surface area contributed by atoms with Gasteiger partial charge in [0.25, 0.3) is 5.56 Å². The molecule has 0 saturated carbocycles. The number of hydrogen-bond donors (Lipinski definition) is 1. The molecule has 0 bridgehead atoms. The summed E-state index contributed by atoms with van der Waals surface area (Å²) in [5.74, 6) is 1.14. The first-order valence-corrected chi connectivity index (χ1v) is 7.52. The predicted octanol–water partition coefficient (Wildman–Crippen LogP) is 1.01. The number of aryl methyl sites for hydroxylation is 1. The molecule has 0 atom stereocenters. The van der Waals surface area contributed by atoms with Gasteiger partial charge in [0.15, 0.2) is 0 Å². The van der Waals surface area contributed by atoms with Crippen LogP contribution < -0.4 is 16.2 Å². The van der Waals surface area contributed by atoms with Gasteiger partial charge in [-0.1, -0.05) is 0 Å². The van der Waals surface area contributed by atoms with E-state index in [1.165, 1.54) is 6.20 Å². The minimum absolute atomic E-state index is 0.0214. The van der Waals surface area contributed by atoms with E-state index in [4.69, 9.17) is 11.0 Å². The number of piperidine rings is 1. The van der Waals surface area contributed by atoms with Crippen LogP contribution in [0.2, 0.25) is 0 Å². The molecule has 0 spiro atoms. The van der Waals surface area contributed by atoms with Gasteiger partial charge < -0.3 is 15.2 Å². The van der Waals surface area contributed by atoms with Crippen LogP contribution in [0, 0.1) is 11.3 Å². The fraction of sp³-hybridized carbons (Fsp3) is 0.375. The Morgan fingerprint density at radius 1 is 1.39 bits per heavy atom. The molecule has 2 aromatic heterocycles. The lowest BCUT2D eigenvalue weighted by atomic mass is 9.90. The Balaban J connectivity index is 1.71. The third-order valence-corrected chi connectivity index (χ3v) is 4.30. The number of nitrogens with zero attached hydrogens (tertiary/aromatic N) is 5. The molecule has 1 fully saturated rings. The van der Waals surface area contributed by atoms with Crippen LogP contribution in [-0.2, 0) is 7.05 Å². The standard InChI is InChI=1S/C16H18N6O/c1-21-5-2-12(8-14(21)23)11-3-6-22(7-4-11)16-19-10-13(9-17)15(18)20-16/h2,5,8,10-11H,3-4,6-7H2,1H3,(H2,18,19,20). The molecular formula is C16H18N6O. The van der Waals surface area contributed by atoms with Crippen molar-refractivity contribution in [1.29, 1.82) is 5.26 Å². The molecule has 3 heterocycles. The maximum absolute atomic E-state index is 11.8. The Labute approximate surface area is 134 Å². The summed E-state index contributed by atoms with van der Waals surface area (Å²) in [4.78, 5) is 22.2. The summed E-state index contributed by atoms with van der Waals surface area (Å²) >= 11 is 0. The number of nitrogens with two attached hydrogens (primary N) is 1. The van der Waals surface area contributed by atoms with Crippen molar-refractivity contribution in [2.24, 2.45) is 7.05 Å². The molecule has 0 aliphatic carbocycles. The highest BCUT2D eigenvalue weighted by molar-refractivity contribution is 5.50. The van der Waals surface area contributed by atoms with Crippen LogP contribution in [0.15, 0.2) is 29.3 Å². The quantitative estimate of drug-likeness (QED) is 0.888. The Bertz CT molecular complexity index is 814. The number of nitriles is 1. The van der Waals surface area contributed by atoms with Crippen molar-refractivity contribution in [3.05, 3.63) is 46.0 Å². The van der Waals surface area contributed by atoms with Gasteiger partial charge >= 0.3 is 0 Å². The van der Waals surface area contributed by atoms with Crippen LogP contribution in [0.3, 0.4) is 0 Å². The molecule has 1 aliphatic heterocycles. The predicted molar refractivity (Wildman–Crippen MR) is 87.0 cm³/mol. The number of hydrogen-bond acceptors (Lipinski definition) is 6. The van der Waals surface area contributed by atoms with Gasteiger partial charge in [-0.2, -0.15) is 10.2 Å². The van der Waals surface area contributed by atoms with E-state index in [1.807, 2.05) is 18.3 Å². The molecule has 0 amide bonds. The molecule has 1 saturated heterocycles. The van der Waals surface area contributed by atoms with E-state index in [-0.39, 0.29) is 11.4 Å². The van der Waals surface area contributed by atoms with E-state index < -0.39 is 0 Å². The van der Waals surface area contributed by atoms with Gasteiger partial charge in [0.2, 0.25) is 5.95 Å². The van der Waals surface area contributed by atoms with Crippen LogP contribution in [0.4, 0.5) is 11.8 Å². The van der Waals surface area contributed by atoms with E-state index in [2.05, 4.69) is 14.9 Å². The summed E-state index contributed by atoms with van der Waals surface area (Å²) in [6.07, 6.45) is 5.13. The fourth-order valence-electron chi connectivity index (χ4n) is 2.85. The maximum atomic E-state index is 11.8. The number of aromatic nitrogens is 3. The normalized spacial score (nSPS) is 15.4. The lowest BCUT2D eigenvalue weighted by Gasteiger charge is -2.32. The first-order chi connectivity index (χ1) is 11.1. The topological polar surface area (TPSA) is 101 Å². The SMILES string of the molecule is Cn1ccc(C2CCN(c3ncc(C#N)c(N)n3)CC2)cc1=O. The van der Waals surface area contributed by atoms with Crippen LogP contribution in [0.1, 0.15) is 29.9 Å². The van der Waals surface area contributed by atoms with Crippen LogP contribution >= 0.6 is 0 Å². The summed E-state index contributed by atoms with van der Waals surface area (Å²) in [5, 5.41) is 8.87. The first-order valence-electron chi connectivity index (χ1n) is 7.52. The molecule has 3 rings (SSSR count). The van der Waals surface area contributed by atoms with Gasteiger partial charge in [-0.3, -0.25) is 4.79 Å². The molecule has 0 aromatic carbocycles. The molecule has 7 heteroatoms. The van der Waals surface area contributed by atoms with E-state index in [0.29, 0.717) is 17.4 Å². The Morgan fingerprint density at radius 2 is 2.13 bits per heavy atom. The summed E-state index contributed by atoms with van der Waals surface area (Å²) in [7, 11) is 1.75. The van der Waals surface area contributed by atoms with E-state index in [0.717, 1.165) is 31.5 Å². The van der Waals surface area contributed by atoms with Crippen molar-refractivity contribution < 1.29 is 0 Å². The highest BCUT2D eigenvalue weighted by Gasteiger charge is 2.23. The fourth-order valence-corrected chi connectivity index (χ4v) is 2.85. The van der Waals surface area contributed by atoms with Gasteiger partial charge in [-0.05, 0) is 30.4 Å². The largest absolute Gasteiger partial charge is 0.382 e. The smallest absolute Gasteiger partial charge is 0.250 e. The zero-order valence-electron chi connectivity index (χ0n) is 12.9. The van der Waals surface area contributed by atoms with Gasteiger partial charge in [-0.25, -0.2) is 4.98 Å². The van der Waals surface area contributed by atoms with E-state index in [9.17, 15) is 4.79 Å².